The number of carbonyl (C=O) groups excluding carboxylic acids is 1. The van der Waals surface area contributed by atoms with Gasteiger partial charge in [-0.2, -0.15) is 0 Å². The lowest BCUT2D eigenvalue weighted by molar-refractivity contribution is -0.158. The molecule has 0 saturated carbocycles. The molecular formula is C17H19NO3. The van der Waals surface area contributed by atoms with Crippen molar-refractivity contribution in [3.05, 3.63) is 48.0 Å². The van der Waals surface area contributed by atoms with Crippen LogP contribution < -0.4 is 0 Å². The lowest BCUT2D eigenvalue weighted by Gasteiger charge is -2.37. The molecule has 0 aliphatic carbocycles. The zero-order chi connectivity index (χ0) is 15.6. The molecule has 0 saturated heterocycles. The Balaban J connectivity index is 2.64. The van der Waals surface area contributed by atoms with E-state index in [9.17, 15) is 14.7 Å². The molecule has 2 aromatic rings. The fourth-order valence-electron chi connectivity index (χ4n) is 2.74. The number of nitrogens with zero attached hydrogens (tertiary/aromatic N) is 1. The van der Waals surface area contributed by atoms with Gasteiger partial charge in [0.2, 0.25) is 5.91 Å². The SMILES string of the molecule is CCN(C(C)=O)C(C)(C(=O)O)c1ccc2ccccc2c1. The van der Waals surface area contributed by atoms with Crippen LogP contribution in [0, 0.1) is 0 Å². The number of amides is 1. The third kappa shape index (κ3) is 2.49. The van der Waals surface area contributed by atoms with Crippen LogP contribution in [-0.2, 0) is 15.1 Å². The van der Waals surface area contributed by atoms with E-state index in [-0.39, 0.29) is 5.91 Å². The summed E-state index contributed by atoms with van der Waals surface area (Å²) < 4.78 is 0. The van der Waals surface area contributed by atoms with E-state index in [2.05, 4.69) is 0 Å². The number of aliphatic carboxylic acids is 1. The third-order valence-electron chi connectivity index (χ3n) is 3.96. The molecule has 4 nitrogen and oxygen atoms in total. The average molecular weight is 285 g/mol. The Bertz CT molecular complexity index is 695. The highest BCUT2D eigenvalue weighted by molar-refractivity contribution is 5.90. The molecule has 2 rings (SSSR count). The van der Waals surface area contributed by atoms with Crippen LogP contribution in [0.15, 0.2) is 42.5 Å². The van der Waals surface area contributed by atoms with Crippen LogP contribution in [0.4, 0.5) is 0 Å². The van der Waals surface area contributed by atoms with Crippen LogP contribution in [0.3, 0.4) is 0 Å². The van der Waals surface area contributed by atoms with Gasteiger partial charge in [-0.05, 0) is 36.2 Å². The minimum Gasteiger partial charge on any atom is -0.479 e. The van der Waals surface area contributed by atoms with Crippen LogP contribution in [0.5, 0.6) is 0 Å². The second kappa shape index (κ2) is 5.56. The summed E-state index contributed by atoms with van der Waals surface area (Å²) in [7, 11) is 0. The Morgan fingerprint density at radius 2 is 1.76 bits per heavy atom. The van der Waals surface area contributed by atoms with Crippen molar-refractivity contribution in [1.29, 1.82) is 0 Å². The molecule has 1 atom stereocenters. The predicted molar refractivity (Wildman–Crippen MR) is 82.0 cm³/mol. The second-order valence-corrected chi connectivity index (χ2v) is 5.20. The molecule has 4 heteroatoms. The molecule has 0 fully saturated rings. The lowest BCUT2D eigenvalue weighted by Crippen LogP contribution is -2.51. The van der Waals surface area contributed by atoms with Gasteiger partial charge < -0.3 is 10.0 Å². The molecule has 1 unspecified atom stereocenters. The van der Waals surface area contributed by atoms with Gasteiger partial charge in [-0.3, -0.25) is 4.79 Å². The van der Waals surface area contributed by atoms with Crippen molar-refractivity contribution in [1.82, 2.24) is 4.90 Å². The summed E-state index contributed by atoms with van der Waals surface area (Å²) in [6.45, 7) is 5.09. The minimum atomic E-state index is -1.37. The van der Waals surface area contributed by atoms with Crippen molar-refractivity contribution in [2.75, 3.05) is 6.54 Å². The molecule has 0 bridgehead atoms. The molecule has 0 aliphatic rings. The Labute approximate surface area is 124 Å². The summed E-state index contributed by atoms with van der Waals surface area (Å²) in [4.78, 5) is 25.1. The molecule has 0 heterocycles. The Morgan fingerprint density at radius 3 is 2.29 bits per heavy atom. The molecule has 2 aromatic carbocycles. The zero-order valence-electron chi connectivity index (χ0n) is 12.5. The molecule has 1 amide bonds. The molecule has 0 aromatic heterocycles. The first-order valence-corrected chi connectivity index (χ1v) is 6.92. The van der Waals surface area contributed by atoms with Crippen molar-refractivity contribution in [3.63, 3.8) is 0 Å². The third-order valence-corrected chi connectivity index (χ3v) is 3.96. The largest absolute Gasteiger partial charge is 0.479 e. The maximum atomic E-state index is 11.9. The van der Waals surface area contributed by atoms with Crippen LogP contribution in [-0.4, -0.2) is 28.4 Å². The van der Waals surface area contributed by atoms with Crippen LogP contribution in [0.2, 0.25) is 0 Å². The standard InChI is InChI=1S/C17H19NO3/c1-4-18(12(2)19)17(3,16(20)21)15-10-9-13-7-5-6-8-14(13)11-15/h5-11H,4H2,1-3H3,(H,20,21). The first kappa shape index (κ1) is 15.0. The Hall–Kier alpha value is -2.36. The Kier molecular flexibility index (Phi) is 3.98. The van der Waals surface area contributed by atoms with Crippen LogP contribution in [0.1, 0.15) is 26.3 Å². The van der Waals surface area contributed by atoms with Gasteiger partial charge in [0.1, 0.15) is 0 Å². The van der Waals surface area contributed by atoms with Gasteiger partial charge in [0.25, 0.3) is 0 Å². The highest BCUT2D eigenvalue weighted by Gasteiger charge is 2.42. The number of carboxylic acid groups (broad SMARTS) is 1. The highest BCUT2D eigenvalue weighted by atomic mass is 16.4. The van der Waals surface area contributed by atoms with Crippen LogP contribution >= 0.6 is 0 Å². The summed E-state index contributed by atoms with van der Waals surface area (Å²) in [5, 5.41) is 11.7. The molecule has 0 spiro atoms. The number of fused-ring (bicyclic) bond motifs is 1. The van der Waals surface area contributed by atoms with Crippen molar-refractivity contribution in [2.45, 2.75) is 26.3 Å². The highest BCUT2D eigenvalue weighted by Crippen LogP contribution is 2.31. The predicted octanol–water partition coefficient (Wildman–Crippen LogP) is 3.01. The van der Waals surface area contributed by atoms with E-state index < -0.39 is 11.5 Å². The Morgan fingerprint density at radius 1 is 1.14 bits per heavy atom. The number of hydrogen-bond donors (Lipinski definition) is 1. The summed E-state index contributed by atoms with van der Waals surface area (Å²) in [6.07, 6.45) is 0. The summed E-state index contributed by atoms with van der Waals surface area (Å²) >= 11 is 0. The fourth-order valence-corrected chi connectivity index (χ4v) is 2.74. The quantitative estimate of drug-likeness (QED) is 0.939. The number of benzene rings is 2. The van der Waals surface area contributed by atoms with Crippen LogP contribution in [0.25, 0.3) is 10.8 Å². The van der Waals surface area contributed by atoms with Gasteiger partial charge in [-0.15, -0.1) is 0 Å². The first-order valence-electron chi connectivity index (χ1n) is 6.92. The lowest BCUT2D eigenvalue weighted by atomic mass is 9.88. The first-order chi connectivity index (χ1) is 9.91. The van der Waals surface area contributed by atoms with E-state index in [1.807, 2.05) is 36.4 Å². The van der Waals surface area contributed by atoms with Gasteiger partial charge in [-0.1, -0.05) is 36.4 Å². The van der Waals surface area contributed by atoms with Crippen molar-refractivity contribution in [2.24, 2.45) is 0 Å². The van der Waals surface area contributed by atoms with E-state index >= 15 is 0 Å². The number of carboxylic acids is 1. The van der Waals surface area contributed by atoms with E-state index in [1.165, 1.54) is 11.8 Å². The monoisotopic (exact) mass is 285 g/mol. The van der Waals surface area contributed by atoms with Crippen molar-refractivity contribution in [3.8, 4) is 0 Å². The van der Waals surface area contributed by atoms with E-state index in [0.29, 0.717) is 12.1 Å². The van der Waals surface area contributed by atoms with E-state index in [4.69, 9.17) is 0 Å². The summed E-state index contributed by atoms with van der Waals surface area (Å²) in [6, 6.07) is 13.3. The maximum absolute atomic E-state index is 11.9. The van der Waals surface area contributed by atoms with Gasteiger partial charge in [-0.25, -0.2) is 4.79 Å². The summed E-state index contributed by atoms with van der Waals surface area (Å²) in [5.41, 5.74) is -0.768. The van der Waals surface area contributed by atoms with E-state index in [0.717, 1.165) is 10.8 Å². The molecule has 110 valence electrons. The van der Waals surface area contributed by atoms with Gasteiger partial charge in [0.05, 0.1) is 0 Å². The zero-order valence-corrected chi connectivity index (χ0v) is 12.5. The van der Waals surface area contributed by atoms with Gasteiger partial charge >= 0.3 is 5.97 Å². The maximum Gasteiger partial charge on any atom is 0.334 e. The summed E-state index contributed by atoms with van der Waals surface area (Å²) in [5.74, 6) is -1.29. The van der Waals surface area contributed by atoms with Gasteiger partial charge in [0.15, 0.2) is 5.54 Å². The van der Waals surface area contributed by atoms with Gasteiger partial charge in [0, 0.05) is 13.5 Å². The van der Waals surface area contributed by atoms with Crippen molar-refractivity contribution < 1.29 is 14.7 Å². The normalized spacial score (nSPS) is 13.7. The molecule has 0 aliphatic heterocycles. The number of likely N-dealkylation sites (N-methyl/N-ethyl adjacent to an activating group) is 1. The number of carbonyl (C=O) groups is 2. The fraction of sp³-hybridized carbons (Fsp3) is 0.294. The topological polar surface area (TPSA) is 57.6 Å². The van der Waals surface area contributed by atoms with Crippen molar-refractivity contribution >= 4 is 22.6 Å². The smallest absolute Gasteiger partial charge is 0.334 e. The molecular weight excluding hydrogens is 266 g/mol. The molecule has 0 radical (unpaired) electrons. The number of rotatable bonds is 4. The molecule has 1 N–H and O–H groups in total. The average Bonchev–Trinajstić information content (AvgIpc) is 2.46. The minimum absolute atomic E-state index is 0.254. The number of hydrogen-bond acceptors (Lipinski definition) is 2. The second-order valence-electron chi connectivity index (χ2n) is 5.20. The molecule has 21 heavy (non-hydrogen) atoms. The van der Waals surface area contributed by atoms with E-state index in [1.54, 1.807) is 19.9 Å².